The Kier molecular flexibility index (Phi) is 4.01. The highest BCUT2D eigenvalue weighted by Crippen LogP contribution is 2.24. The first-order chi connectivity index (χ1) is 7.52. The number of nitrogens with zero attached hydrogens (tertiary/aromatic N) is 1. The summed E-state index contributed by atoms with van der Waals surface area (Å²) in [6.45, 7) is -1.21. The van der Waals surface area contributed by atoms with Gasteiger partial charge in [-0.15, -0.1) is 0 Å². The number of benzene rings is 1. The van der Waals surface area contributed by atoms with Crippen molar-refractivity contribution in [2.75, 3.05) is 0 Å². The molecule has 0 radical (unpaired) electrons. The number of hydroxylamine groups is 1. The van der Waals surface area contributed by atoms with E-state index in [1.807, 2.05) is 0 Å². The summed E-state index contributed by atoms with van der Waals surface area (Å²) in [5.74, 6) is -0.146. The van der Waals surface area contributed by atoms with E-state index in [0.717, 1.165) is 0 Å². The average Bonchev–Trinajstić information content (AvgIpc) is 2.21. The zero-order valence-corrected chi connectivity index (χ0v) is 8.45. The third-order valence-corrected chi connectivity index (χ3v) is 1.75. The normalized spacial score (nSPS) is 11.7. The molecular formula is C9H11F2N3O2. The van der Waals surface area contributed by atoms with E-state index in [2.05, 4.69) is 9.73 Å². The Morgan fingerprint density at radius 3 is 2.75 bits per heavy atom. The van der Waals surface area contributed by atoms with Crippen LogP contribution in [0.1, 0.15) is 5.56 Å². The number of alkyl halides is 2. The molecule has 0 saturated carbocycles. The molecule has 0 aliphatic heterocycles. The average molecular weight is 231 g/mol. The lowest BCUT2D eigenvalue weighted by molar-refractivity contribution is -0.0498. The second kappa shape index (κ2) is 5.26. The van der Waals surface area contributed by atoms with Gasteiger partial charge in [-0.05, 0) is 30.7 Å². The lowest BCUT2D eigenvalue weighted by atomic mass is 10.2. The lowest BCUT2D eigenvalue weighted by Gasteiger charge is -2.07. The first-order valence-electron chi connectivity index (χ1n) is 4.32. The van der Waals surface area contributed by atoms with Crippen molar-refractivity contribution in [3.63, 3.8) is 0 Å². The number of hydrogen-bond acceptors (Lipinski definition) is 3. The maximum Gasteiger partial charge on any atom is 0.387 e. The molecular weight excluding hydrogens is 220 g/mol. The van der Waals surface area contributed by atoms with E-state index in [1.54, 1.807) is 12.4 Å². The Morgan fingerprint density at radius 1 is 1.56 bits per heavy atom. The fraction of sp³-hybridized carbons (Fsp3) is 0.222. The minimum absolute atomic E-state index is 0.0435. The molecule has 0 fully saturated rings. The Balaban J connectivity index is 2.91. The van der Waals surface area contributed by atoms with Gasteiger partial charge in [0.15, 0.2) is 0 Å². The molecule has 5 nitrogen and oxygen atoms in total. The van der Waals surface area contributed by atoms with Crippen LogP contribution in [0.4, 0.5) is 14.5 Å². The Labute approximate surface area is 90.5 Å². The first-order valence-corrected chi connectivity index (χ1v) is 4.32. The minimum atomic E-state index is -2.86. The topological polar surface area (TPSA) is 79.9 Å². The smallest absolute Gasteiger partial charge is 0.387 e. The largest absolute Gasteiger partial charge is 0.435 e. The molecule has 16 heavy (non-hydrogen) atoms. The molecule has 1 rings (SSSR count). The highest BCUT2D eigenvalue weighted by atomic mass is 19.3. The lowest BCUT2D eigenvalue weighted by Crippen LogP contribution is -2.27. The zero-order chi connectivity index (χ0) is 12.1. The summed E-state index contributed by atoms with van der Waals surface area (Å²) >= 11 is 0. The van der Waals surface area contributed by atoms with Gasteiger partial charge in [-0.2, -0.15) is 8.78 Å². The van der Waals surface area contributed by atoms with Crippen LogP contribution in [0.5, 0.6) is 5.75 Å². The van der Waals surface area contributed by atoms with E-state index in [4.69, 9.17) is 10.9 Å². The molecule has 0 bridgehead atoms. The van der Waals surface area contributed by atoms with Crippen molar-refractivity contribution in [1.82, 2.24) is 5.48 Å². The van der Waals surface area contributed by atoms with Gasteiger partial charge in [0.1, 0.15) is 5.75 Å². The second-order valence-corrected chi connectivity index (χ2v) is 2.94. The molecule has 7 heteroatoms. The van der Waals surface area contributed by atoms with Crippen molar-refractivity contribution in [3.05, 3.63) is 23.8 Å². The van der Waals surface area contributed by atoms with Crippen LogP contribution in [-0.4, -0.2) is 17.8 Å². The van der Waals surface area contributed by atoms with E-state index < -0.39 is 6.61 Å². The van der Waals surface area contributed by atoms with Crippen molar-refractivity contribution in [3.8, 4) is 5.75 Å². The summed E-state index contributed by atoms with van der Waals surface area (Å²) in [5.41, 5.74) is 7.93. The summed E-state index contributed by atoms with van der Waals surface area (Å²) in [6.07, 6.45) is 0. The Hall–Kier alpha value is -1.89. The standard InChI is InChI=1S/C9H11F2N3O2/c1-5-4-6(16-8(10)11)2-3-7(5)13-9(12)14-15/h2-4,8,15H,1H3,(H3,12,13,14). The van der Waals surface area contributed by atoms with Gasteiger partial charge < -0.3 is 10.5 Å². The number of hydrogen-bond donors (Lipinski definition) is 3. The SMILES string of the molecule is Cc1cc(OC(F)F)ccc1N=C(N)NO. The highest BCUT2D eigenvalue weighted by molar-refractivity contribution is 5.80. The van der Waals surface area contributed by atoms with Gasteiger partial charge in [0.25, 0.3) is 0 Å². The van der Waals surface area contributed by atoms with Gasteiger partial charge in [0, 0.05) is 0 Å². The van der Waals surface area contributed by atoms with E-state index >= 15 is 0 Å². The summed E-state index contributed by atoms with van der Waals surface area (Å²) in [7, 11) is 0. The molecule has 0 aliphatic carbocycles. The van der Waals surface area contributed by atoms with Crippen LogP contribution in [-0.2, 0) is 0 Å². The summed E-state index contributed by atoms with van der Waals surface area (Å²) < 4.78 is 28.0. The monoisotopic (exact) mass is 231 g/mol. The number of rotatable bonds is 3. The molecule has 88 valence electrons. The van der Waals surface area contributed by atoms with Gasteiger partial charge in [0.2, 0.25) is 5.96 Å². The predicted molar refractivity (Wildman–Crippen MR) is 54.0 cm³/mol. The third-order valence-electron chi connectivity index (χ3n) is 1.75. The number of aliphatic imine (C=N–C) groups is 1. The minimum Gasteiger partial charge on any atom is -0.435 e. The molecule has 0 aliphatic rings. The number of aryl methyl sites for hydroxylation is 1. The van der Waals surface area contributed by atoms with Crippen LogP contribution in [0.15, 0.2) is 23.2 Å². The van der Waals surface area contributed by atoms with Crippen molar-refractivity contribution < 1.29 is 18.7 Å². The van der Waals surface area contributed by atoms with Crippen LogP contribution in [0.3, 0.4) is 0 Å². The zero-order valence-electron chi connectivity index (χ0n) is 8.45. The van der Waals surface area contributed by atoms with Crippen LogP contribution in [0, 0.1) is 6.92 Å². The van der Waals surface area contributed by atoms with Gasteiger partial charge in [-0.3, -0.25) is 5.21 Å². The van der Waals surface area contributed by atoms with Crippen molar-refractivity contribution >= 4 is 11.6 Å². The summed E-state index contributed by atoms with van der Waals surface area (Å²) in [5, 5.41) is 8.43. The van der Waals surface area contributed by atoms with Crippen LogP contribution in [0.25, 0.3) is 0 Å². The maximum atomic E-state index is 11.9. The first kappa shape index (κ1) is 12.2. The number of ether oxygens (including phenoxy) is 1. The van der Waals surface area contributed by atoms with Crippen LogP contribution < -0.4 is 16.0 Å². The number of halogens is 2. The summed E-state index contributed by atoms with van der Waals surface area (Å²) in [4.78, 5) is 3.79. The van der Waals surface area contributed by atoms with E-state index in [9.17, 15) is 8.78 Å². The molecule has 0 saturated heterocycles. The maximum absolute atomic E-state index is 11.9. The Bertz CT molecular complexity index is 396. The fourth-order valence-electron chi connectivity index (χ4n) is 1.08. The van der Waals surface area contributed by atoms with E-state index in [0.29, 0.717) is 11.3 Å². The summed E-state index contributed by atoms with van der Waals surface area (Å²) in [6, 6.07) is 4.19. The van der Waals surface area contributed by atoms with Crippen molar-refractivity contribution in [1.29, 1.82) is 0 Å². The molecule has 0 unspecified atom stereocenters. The highest BCUT2D eigenvalue weighted by Gasteiger charge is 2.06. The van der Waals surface area contributed by atoms with Crippen molar-refractivity contribution in [2.24, 2.45) is 10.7 Å². The molecule has 1 aromatic rings. The second-order valence-electron chi connectivity index (χ2n) is 2.94. The Morgan fingerprint density at radius 2 is 2.25 bits per heavy atom. The predicted octanol–water partition coefficient (Wildman–Crippen LogP) is 1.52. The number of nitrogens with two attached hydrogens (primary N) is 1. The molecule has 1 aromatic carbocycles. The quantitative estimate of drug-likeness (QED) is 0.418. The van der Waals surface area contributed by atoms with Crippen LogP contribution in [0.2, 0.25) is 0 Å². The molecule has 0 atom stereocenters. The molecule has 0 amide bonds. The molecule has 0 aromatic heterocycles. The van der Waals surface area contributed by atoms with Gasteiger partial charge in [0.05, 0.1) is 5.69 Å². The van der Waals surface area contributed by atoms with Gasteiger partial charge in [-0.1, -0.05) is 0 Å². The molecule has 0 heterocycles. The third kappa shape index (κ3) is 3.35. The van der Waals surface area contributed by atoms with E-state index in [1.165, 1.54) is 18.2 Å². The number of guanidine groups is 1. The van der Waals surface area contributed by atoms with Gasteiger partial charge >= 0.3 is 6.61 Å². The number of nitrogens with one attached hydrogen (secondary N) is 1. The fourth-order valence-corrected chi connectivity index (χ4v) is 1.08. The molecule has 0 spiro atoms. The van der Waals surface area contributed by atoms with Gasteiger partial charge in [-0.25, -0.2) is 10.5 Å². The van der Waals surface area contributed by atoms with Crippen molar-refractivity contribution in [2.45, 2.75) is 13.5 Å². The van der Waals surface area contributed by atoms with E-state index in [-0.39, 0.29) is 11.7 Å². The van der Waals surface area contributed by atoms with Crippen LogP contribution >= 0.6 is 0 Å². The molecule has 4 N–H and O–H groups in total.